The number of aryl methyl sites for hydroxylation is 1. The molecule has 0 bridgehead atoms. The van der Waals surface area contributed by atoms with Gasteiger partial charge in [0, 0.05) is 19.1 Å². The number of ether oxygens (including phenoxy) is 1. The van der Waals surface area contributed by atoms with Gasteiger partial charge in [-0.2, -0.15) is 4.98 Å². The summed E-state index contributed by atoms with van der Waals surface area (Å²) in [6.07, 6.45) is 1.73. The number of piperidine rings is 1. The second-order valence-electron chi connectivity index (χ2n) is 6.38. The van der Waals surface area contributed by atoms with Crippen LogP contribution in [0.4, 0.5) is 4.79 Å². The number of likely N-dealkylation sites (tertiary alicyclic amines) is 1. The molecular formula is C14H24N4O3. The van der Waals surface area contributed by atoms with Crippen LogP contribution in [0.5, 0.6) is 0 Å². The van der Waals surface area contributed by atoms with Crippen LogP contribution < -0.4 is 5.32 Å². The van der Waals surface area contributed by atoms with E-state index in [-0.39, 0.29) is 12.1 Å². The SMILES string of the molecule is Cc1noc(CNC2CCCN(C(=O)OC(C)(C)C)C2)n1. The van der Waals surface area contributed by atoms with Crippen molar-refractivity contribution < 1.29 is 14.1 Å². The van der Waals surface area contributed by atoms with Crippen molar-refractivity contribution in [1.29, 1.82) is 0 Å². The second-order valence-corrected chi connectivity index (χ2v) is 6.38. The smallest absolute Gasteiger partial charge is 0.410 e. The van der Waals surface area contributed by atoms with E-state index in [9.17, 15) is 4.79 Å². The fourth-order valence-corrected chi connectivity index (χ4v) is 2.28. The highest BCUT2D eigenvalue weighted by Crippen LogP contribution is 2.15. The molecule has 0 spiro atoms. The van der Waals surface area contributed by atoms with Gasteiger partial charge < -0.3 is 19.5 Å². The predicted octanol–water partition coefficient (Wildman–Crippen LogP) is 1.87. The molecule has 0 aliphatic carbocycles. The van der Waals surface area contributed by atoms with E-state index >= 15 is 0 Å². The fraction of sp³-hybridized carbons (Fsp3) is 0.786. The van der Waals surface area contributed by atoms with Gasteiger partial charge >= 0.3 is 6.09 Å². The summed E-state index contributed by atoms with van der Waals surface area (Å²) in [4.78, 5) is 18.0. The first-order valence-electron chi connectivity index (χ1n) is 7.34. The molecule has 2 rings (SSSR count). The zero-order valence-corrected chi connectivity index (χ0v) is 13.2. The van der Waals surface area contributed by atoms with E-state index in [0.717, 1.165) is 19.4 Å². The van der Waals surface area contributed by atoms with E-state index in [2.05, 4.69) is 15.5 Å². The summed E-state index contributed by atoms with van der Waals surface area (Å²) in [7, 11) is 0. The standard InChI is InChI=1S/C14H24N4O3/c1-10-16-12(21-17-10)8-15-11-6-5-7-18(9-11)13(19)20-14(2,3)4/h11,15H,5-9H2,1-4H3. The molecule has 1 aromatic rings. The van der Waals surface area contributed by atoms with Crippen LogP contribution >= 0.6 is 0 Å². The number of nitrogens with one attached hydrogen (secondary N) is 1. The van der Waals surface area contributed by atoms with Crippen LogP contribution in [0.25, 0.3) is 0 Å². The first kappa shape index (κ1) is 15.8. The van der Waals surface area contributed by atoms with Gasteiger partial charge in [-0.3, -0.25) is 0 Å². The van der Waals surface area contributed by atoms with Crippen LogP contribution in [0, 0.1) is 6.92 Å². The van der Waals surface area contributed by atoms with E-state index in [1.807, 2.05) is 20.8 Å². The lowest BCUT2D eigenvalue weighted by Gasteiger charge is -2.34. The molecule has 1 N–H and O–H groups in total. The molecule has 1 aliphatic heterocycles. The van der Waals surface area contributed by atoms with Crippen molar-refractivity contribution in [2.24, 2.45) is 0 Å². The lowest BCUT2D eigenvalue weighted by molar-refractivity contribution is 0.0186. The molecule has 1 aromatic heterocycles. The molecule has 2 heterocycles. The fourth-order valence-electron chi connectivity index (χ4n) is 2.28. The van der Waals surface area contributed by atoms with Gasteiger partial charge in [0.05, 0.1) is 6.54 Å². The molecule has 0 radical (unpaired) electrons. The van der Waals surface area contributed by atoms with Crippen molar-refractivity contribution in [3.63, 3.8) is 0 Å². The summed E-state index contributed by atoms with van der Waals surface area (Å²) >= 11 is 0. The lowest BCUT2D eigenvalue weighted by atomic mass is 10.1. The summed E-state index contributed by atoms with van der Waals surface area (Å²) in [5.74, 6) is 1.20. The molecule has 118 valence electrons. The molecule has 1 saturated heterocycles. The molecular weight excluding hydrogens is 272 g/mol. The first-order valence-corrected chi connectivity index (χ1v) is 7.34. The molecule has 7 nitrogen and oxygen atoms in total. The van der Waals surface area contributed by atoms with Gasteiger partial charge in [0.2, 0.25) is 5.89 Å². The Morgan fingerprint density at radius 2 is 2.29 bits per heavy atom. The molecule has 1 aliphatic rings. The monoisotopic (exact) mass is 296 g/mol. The minimum Gasteiger partial charge on any atom is -0.444 e. The predicted molar refractivity (Wildman–Crippen MR) is 76.7 cm³/mol. The van der Waals surface area contributed by atoms with Crippen molar-refractivity contribution in [2.75, 3.05) is 13.1 Å². The van der Waals surface area contributed by atoms with Crippen LogP contribution in [0.2, 0.25) is 0 Å². The molecule has 1 atom stereocenters. The number of aromatic nitrogens is 2. The zero-order chi connectivity index (χ0) is 15.5. The number of hydrogen-bond acceptors (Lipinski definition) is 6. The van der Waals surface area contributed by atoms with Gasteiger partial charge in [-0.05, 0) is 40.5 Å². The largest absolute Gasteiger partial charge is 0.444 e. The maximum absolute atomic E-state index is 12.1. The van der Waals surface area contributed by atoms with E-state index in [1.165, 1.54) is 0 Å². The van der Waals surface area contributed by atoms with Gasteiger partial charge in [-0.25, -0.2) is 4.79 Å². The third kappa shape index (κ3) is 5.00. The van der Waals surface area contributed by atoms with Gasteiger partial charge in [0.1, 0.15) is 5.60 Å². The van der Waals surface area contributed by atoms with Gasteiger partial charge in [0.15, 0.2) is 5.82 Å². The van der Waals surface area contributed by atoms with E-state index in [4.69, 9.17) is 9.26 Å². The van der Waals surface area contributed by atoms with Gasteiger partial charge in [-0.15, -0.1) is 0 Å². The molecule has 0 aromatic carbocycles. The summed E-state index contributed by atoms with van der Waals surface area (Å²) < 4.78 is 10.5. The minimum atomic E-state index is -0.460. The third-order valence-electron chi connectivity index (χ3n) is 3.18. The van der Waals surface area contributed by atoms with Gasteiger partial charge in [-0.1, -0.05) is 5.16 Å². The molecule has 1 amide bonds. The Bertz CT molecular complexity index is 481. The maximum atomic E-state index is 12.1. The van der Waals surface area contributed by atoms with Crippen LogP contribution in [0.15, 0.2) is 4.52 Å². The first-order chi connectivity index (χ1) is 9.83. The molecule has 21 heavy (non-hydrogen) atoms. The number of carbonyl (C=O) groups is 1. The Morgan fingerprint density at radius 3 is 2.90 bits per heavy atom. The number of carbonyl (C=O) groups excluding carboxylic acids is 1. The quantitative estimate of drug-likeness (QED) is 0.917. The highest BCUT2D eigenvalue weighted by atomic mass is 16.6. The number of amides is 1. The Hall–Kier alpha value is -1.63. The van der Waals surface area contributed by atoms with Crippen molar-refractivity contribution in [3.8, 4) is 0 Å². The third-order valence-corrected chi connectivity index (χ3v) is 3.18. The van der Waals surface area contributed by atoms with Crippen molar-refractivity contribution >= 4 is 6.09 Å². The van der Waals surface area contributed by atoms with Crippen LogP contribution in [0.1, 0.15) is 45.3 Å². The lowest BCUT2D eigenvalue weighted by Crippen LogP contribution is -2.49. The zero-order valence-electron chi connectivity index (χ0n) is 13.2. The Labute approximate surface area is 125 Å². The average Bonchev–Trinajstić information content (AvgIpc) is 2.81. The molecule has 1 unspecified atom stereocenters. The minimum absolute atomic E-state index is 0.221. The van der Waals surface area contributed by atoms with E-state index < -0.39 is 5.60 Å². The van der Waals surface area contributed by atoms with Crippen molar-refractivity contribution in [3.05, 3.63) is 11.7 Å². The molecule has 7 heteroatoms. The number of rotatable bonds is 3. The summed E-state index contributed by atoms with van der Waals surface area (Å²) in [6.45, 7) is 9.33. The molecule has 0 saturated carbocycles. The highest BCUT2D eigenvalue weighted by molar-refractivity contribution is 5.68. The number of nitrogens with zero attached hydrogens (tertiary/aromatic N) is 3. The van der Waals surface area contributed by atoms with E-state index in [1.54, 1.807) is 11.8 Å². The van der Waals surface area contributed by atoms with Crippen LogP contribution in [-0.4, -0.2) is 45.9 Å². The normalized spacial score (nSPS) is 19.6. The summed E-state index contributed by atoms with van der Waals surface area (Å²) in [6, 6.07) is 0.221. The molecule has 1 fully saturated rings. The average molecular weight is 296 g/mol. The Morgan fingerprint density at radius 1 is 1.52 bits per heavy atom. The van der Waals surface area contributed by atoms with Crippen LogP contribution in [-0.2, 0) is 11.3 Å². The Balaban J connectivity index is 1.81. The maximum Gasteiger partial charge on any atom is 0.410 e. The van der Waals surface area contributed by atoms with Crippen LogP contribution in [0.3, 0.4) is 0 Å². The van der Waals surface area contributed by atoms with Crippen molar-refractivity contribution in [2.45, 2.75) is 58.7 Å². The van der Waals surface area contributed by atoms with E-state index in [0.29, 0.717) is 24.8 Å². The number of hydrogen-bond donors (Lipinski definition) is 1. The van der Waals surface area contributed by atoms with Gasteiger partial charge in [0.25, 0.3) is 0 Å². The topological polar surface area (TPSA) is 80.5 Å². The Kier molecular flexibility index (Phi) is 4.82. The van der Waals surface area contributed by atoms with Crippen molar-refractivity contribution in [1.82, 2.24) is 20.4 Å². The second kappa shape index (κ2) is 6.43. The highest BCUT2D eigenvalue weighted by Gasteiger charge is 2.27. The summed E-state index contributed by atoms with van der Waals surface area (Å²) in [5, 5.41) is 7.11. The summed E-state index contributed by atoms with van der Waals surface area (Å²) in [5.41, 5.74) is -0.460.